The lowest BCUT2D eigenvalue weighted by Gasteiger charge is -2.09. The molecule has 0 spiro atoms. The second-order valence-electron chi connectivity index (χ2n) is 6.67. The fourth-order valence-corrected chi connectivity index (χ4v) is 3.01. The molecule has 1 heterocycles. The van der Waals surface area contributed by atoms with E-state index in [-0.39, 0.29) is 5.91 Å². The zero-order chi connectivity index (χ0) is 19.1. The standard InChI is InChI=1S/C23H25NO3/c1-17-10-11-19(18(2)15-17)7-6-13-24-23(25)22-20(12-14-26-22)16-27-21-8-4-3-5-9-21/h3-5,8-12,14-15H,6-7,13,16H2,1-2H3,(H,24,25). The summed E-state index contributed by atoms with van der Waals surface area (Å²) in [5.74, 6) is 0.878. The first kappa shape index (κ1) is 18.8. The van der Waals surface area contributed by atoms with E-state index in [0.717, 1.165) is 24.2 Å². The molecule has 0 aliphatic rings. The Morgan fingerprint density at radius 1 is 1.04 bits per heavy atom. The number of hydrogen-bond donors (Lipinski definition) is 1. The zero-order valence-electron chi connectivity index (χ0n) is 15.8. The number of rotatable bonds is 8. The van der Waals surface area contributed by atoms with E-state index in [2.05, 4.69) is 37.4 Å². The minimum atomic E-state index is -0.202. The van der Waals surface area contributed by atoms with Crippen LogP contribution in [0.4, 0.5) is 0 Å². The molecule has 0 saturated heterocycles. The van der Waals surface area contributed by atoms with Crippen LogP contribution in [0.15, 0.2) is 65.3 Å². The molecule has 4 nitrogen and oxygen atoms in total. The van der Waals surface area contributed by atoms with E-state index in [4.69, 9.17) is 9.15 Å². The van der Waals surface area contributed by atoms with Crippen LogP contribution in [-0.2, 0) is 13.0 Å². The molecule has 0 aliphatic carbocycles. The first-order chi connectivity index (χ1) is 13.1. The molecule has 2 aromatic carbocycles. The van der Waals surface area contributed by atoms with E-state index < -0.39 is 0 Å². The number of aryl methyl sites for hydroxylation is 3. The van der Waals surface area contributed by atoms with Crippen LogP contribution < -0.4 is 10.1 Å². The van der Waals surface area contributed by atoms with E-state index in [1.807, 2.05) is 30.3 Å². The van der Waals surface area contributed by atoms with Gasteiger partial charge in [-0.3, -0.25) is 4.79 Å². The summed E-state index contributed by atoms with van der Waals surface area (Å²) in [6.45, 7) is 5.12. The second-order valence-corrected chi connectivity index (χ2v) is 6.67. The van der Waals surface area contributed by atoms with Crippen molar-refractivity contribution in [2.45, 2.75) is 33.3 Å². The van der Waals surface area contributed by atoms with Gasteiger partial charge in [0.1, 0.15) is 12.4 Å². The molecule has 4 heteroatoms. The number of para-hydroxylation sites is 1. The number of benzene rings is 2. The Kier molecular flexibility index (Phi) is 6.31. The van der Waals surface area contributed by atoms with E-state index in [1.165, 1.54) is 23.0 Å². The van der Waals surface area contributed by atoms with Gasteiger partial charge in [-0.2, -0.15) is 0 Å². The third-order valence-electron chi connectivity index (χ3n) is 4.50. The van der Waals surface area contributed by atoms with E-state index >= 15 is 0 Å². The summed E-state index contributed by atoms with van der Waals surface area (Å²) >= 11 is 0. The highest BCUT2D eigenvalue weighted by Crippen LogP contribution is 2.16. The molecule has 140 valence electrons. The number of hydrogen-bond acceptors (Lipinski definition) is 3. The zero-order valence-corrected chi connectivity index (χ0v) is 15.8. The Morgan fingerprint density at radius 2 is 1.85 bits per heavy atom. The molecule has 0 saturated carbocycles. The summed E-state index contributed by atoms with van der Waals surface area (Å²) in [6, 6.07) is 17.8. The lowest BCUT2D eigenvalue weighted by molar-refractivity contribution is 0.0922. The highest BCUT2D eigenvalue weighted by molar-refractivity contribution is 5.92. The van der Waals surface area contributed by atoms with Crippen LogP contribution in [0.5, 0.6) is 5.75 Å². The molecule has 1 aromatic heterocycles. The van der Waals surface area contributed by atoms with Crippen molar-refractivity contribution in [3.8, 4) is 5.75 Å². The number of nitrogens with one attached hydrogen (secondary N) is 1. The van der Waals surface area contributed by atoms with Crippen LogP contribution in [0.25, 0.3) is 0 Å². The Morgan fingerprint density at radius 3 is 2.63 bits per heavy atom. The highest BCUT2D eigenvalue weighted by atomic mass is 16.5. The molecule has 0 unspecified atom stereocenters. The van der Waals surface area contributed by atoms with Gasteiger partial charge >= 0.3 is 0 Å². The van der Waals surface area contributed by atoms with Gasteiger partial charge in [-0.1, -0.05) is 42.0 Å². The summed E-state index contributed by atoms with van der Waals surface area (Å²) in [4.78, 5) is 12.4. The number of carbonyl (C=O) groups is 1. The fourth-order valence-electron chi connectivity index (χ4n) is 3.01. The molecule has 0 aliphatic heterocycles. The third kappa shape index (κ3) is 5.23. The molecule has 1 amide bonds. The van der Waals surface area contributed by atoms with Gasteiger partial charge in [0.25, 0.3) is 5.91 Å². The van der Waals surface area contributed by atoms with Gasteiger partial charge in [-0.15, -0.1) is 0 Å². The molecular formula is C23H25NO3. The van der Waals surface area contributed by atoms with Crippen LogP contribution >= 0.6 is 0 Å². The van der Waals surface area contributed by atoms with E-state index in [9.17, 15) is 4.79 Å². The summed E-state index contributed by atoms with van der Waals surface area (Å²) in [5.41, 5.74) is 4.64. The molecule has 0 bridgehead atoms. The molecule has 0 fully saturated rings. The van der Waals surface area contributed by atoms with Crippen molar-refractivity contribution in [3.63, 3.8) is 0 Å². The first-order valence-corrected chi connectivity index (χ1v) is 9.22. The minimum Gasteiger partial charge on any atom is -0.489 e. The average molecular weight is 363 g/mol. The van der Waals surface area contributed by atoms with Crippen molar-refractivity contribution >= 4 is 5.91 Å². The largest absolute Gasteiger partial charge is 0.489 e. The lowest BCUT2D eigenvalue weighted by Crippen LogP contribution is -2.25. The van der Waals surface area contributed by atoms with Crippen LogP contribution in [0.1, 0.15) is 39.2 Å². The number of amides is 1. The topological polar surface area (TPSA) is 51.5 Å². The van der Waals surface area contributed by atoms with Crippen LogP contribution in [-0.4, -0.2) is 12.5 Å². The highest BCUT2D eigenvalue weighted by Gasteiger charge is 2.15. The van der Waals surface area contributed by atoms with Crippen molar-refractivity contribution in [2.75, 3.05) is 6.54 Å². The number of ether oxygens (including phenoxy) is 1. The van der Waals surface area contributed by atoms with E-state index in [1.54, 1.807) is 6.07 Å². The molecule has 3 rings (SSSR count). The maximum atomic E-state index is 12.4. The molecule has 0 radical (unpaired) electrons. The maximum Gasteiger partial charge on any atom is 0.287 e. The normalized spacial score (nSPS) is 10.6. The minimum absolute atomic E-state index is 0.202. The predicted octanol–water partition coefficient (Wildman–Crippen LogP) is 4.84. The van der Waals surface area contributed by atoms with Gasteiger partial charge in [-0.05, 0) is 56.0 Å². The molecule has 0 atom stereocenters. The quantitative estimate of drug-likeness (QED) is 0.583. The van der Waals surface area contributed by atoms with Crippen molar-refractivity contribution in [3.05, 3.63) is 88.9 Å². The number of furan rings is 1. The predicted molar refractivity (Wildman–Crippen MR) is 106 cm³/mol. The lowest BCUT2D eigenvalue weighted by atomic mass is 10.0. The molecule has 1 N–H and O–H groups in total. The van der Waals surface area contributed by atoms with Crippen LogP contribution in [0, 0.1) is 13.8 Å². The van der Waals surface area contributed by atoms with Crippen LogP contribution in [0.2, 0.25) is 0 Å². The Bertz CT molecular complexity index is 884. The van der Waals surface area contributed by atoms with Gasteiger partial charge in [0.2, 0.25) is 0 Å². The van der Waals surface area contributed by atoms with Gasteiger partial charge < -0.3 is 14.5 Å². The van der Waals surface area contributed by atoms with Crippen molar-refractivity contribution in [1.82, 2.24) is 5.32 Å². The summed E-state index contributed by atoms with van der Waals surface area (Å²) < 4.78 is 11.1. The van der Waals surface area contributed by atoms with Gasteiger partial charge in [0, 0.05) is 12.1 Å². The average Bonchev–Trinajstić information content (AvgIpc) is 3.14. The summed E-state index contributed by atoms with van der Waals surface area (Å²) in [5, 5.41) is 2.94. The molecule has 27 heavy (non-hydrogen) atoms. The van der Waals surface area contributed by atoms with Crippen molar-refractivity contribution < 1.29 is 13.9 Å². The number of carbonyl (C=O) groups excluding carboxylic acids is 1. The Labute approximate surface area is 160 Å². The summed E-state index contributed by atoms with van der Waals surface area (Å²) in [6.07, 6.45) is 3.34. The third-order valence-corrected chi connectivity index (χ3v) is 4.50. The van der Waals surface area contributed by atoms with E-state index in [0.29, 0.717) is 18.9 Å². The Hall–Kier alpha value is -3.01. The fraction of sp³-hybridized carbons (Fsp3) is 0.261. The van der Waals surface area contributed by atoms with Gasteiger partial charge in [0.05, 0.1) is 6.26 Å². The Balaban J connectivity index is 1.48. The molecule has 3 aromatic rings. The van der Waals surface area contributed by atoms with Gasteiger partial charge in [-0.25, -0.2) is 0 Å². The molecular weight excluding hydrogens is 338 g/mol. The SMILES string of the molecule is Cc1ccc(CCCNC(=O)c2occc2COc2ccccc2)c(C)c1. The van der Waals surface area contributed by atoms with Crippen molar-refractivity contribution in [1.29, 1.82) is 0 Å². The monoisotopic (exact) mass is 363 g/mol. The first-order valence-electron chi connectivity index (χ1n) is 9.22. The summed E-state index contributed by atoms with van der Waals surface area (Å²) in [7, 11) is 0. The van der Waals surface area contributed by atoms with Crippen LogP contribution in [0.3, 0.4) is 0 Å². The van der Waals surface area contributed by atoms with Gasteiger partial charge in [0.15, 0.2) is 5.76 Å². The van der Waals surface area contributed by atoms with Crippen molar-refractivity contribution in [2.24, 2.45) is 0 Å². The smallest absolute Gasteiger partial charge is 0.287 e. The maximum absolute atomic E-state index is 12.4. The second kappa shape index (κ2) is 9.08.